The van der Waals surface area contributed by atoms with Crippen LogP contribution in [-0.2, 0) is 0 Å². The highest BCUT2D eigenvalue weighted by atomic mass is 35.5. The Morgan fingerprint density at radius 1 is 1.50 bits per heavy atom. The van der Waals surface area contributed by atoms with E-state index >= 15 is 0 Å². The largest absolute Gasteiger partial charge is 0.334 e. The standard InChI is InChI=1S/C15H18ClN3S/c1-15(2,3)7-11-9-18-14(20-11)19-13-5-4-10(8-17)6-12(13)16/h4-6,11H,7,9H2,1-3H3,(H,18,19). The Kier molecular flexibility index (Phi) is 4.62. The zero-order valence-corrected chi connectivity index (χ0v) is 13.5. The van der Waals surface area contributed by atoms with Crippen molar-refractivity contribution in [2.75, 3.05) is 11.9 Å². The van der Waals surface area contributed by atoms with Gasteiger partial charge >= 0.3 is 0 Å². The van der Waals surface area contributed by atoms with Crippen LogP contribution in [0.15, 0.2) is 23.2 Å². The van der Waals surface area contributed by atoms with Crippen molar-refractivity contribution in [2.24, 2.45) is 10.4 Å². The van der Waals surface area contributed by atoms with Crippen LogP contribution in [0.25, 0.3) is 0 Å². The van der Waals surface area contributed by atoms with Gasteiger partial charge in [0.1, 0.15) is 0 Å². The lowest BCUT2D eigenvalue weighted by Gasteiger charge is -2.21. The highest BCUT2D eigenvalue weighted by molar-refractivity contribution is 8.15. The maximum absolute atomic E-state index is 8.82. The number of aliphatic imine (C=N–C) groups is 1. The molecule has 3 nitrogen and oxygen atoms in total. The van der Waals surface area contributed by atoms with E-state index in [1.807, 2.05) is 6.07 Å². The third kappa shape index (κ3) is 4.16. The van der Waals surface area contributed by atoms with Crippen molar-refractivity contribution < 1.29 is 0 Å². The van der Waals surface area contributed by atoms with E-state index in [9.17, 15) is 0 Å². The van der Waals surface area contributed by atoms with Gasteiger partial charge in [0.2, 0.25) is 0 Å². The normalized spacial score (nSPS) is 18.6. The molecule has 0 amide bonds. The average Bonchev–Trinajstić information content (AvgIpc) is 2.76. The Balaban J connectivity index is 1.97. The quantitative estimate of drug-likeness (QED) is 0.873. The van der Waals surface area contributed by atoms with E-state index in [4.69, 9.17) is 16.9 Å². The van der Waals surface area contributed by atoms with Crippen molar-refractivity contribution in [3.8, 4) is 6.07 Å². The molecule has 0 saturated carbocycles. The van der Waals surface area contributed by atoms with Gasteiger partial charge in [-0.3, -0.25) is 4.99 Å². The van der Waals surface area contributed by atoms with Gasteiger partial charge in [0.15, 0.2) is 5.17 Å². The van der Waals surface area contributed by atoms with Crippen LogP contribution in [0, 0.1) is 16.7 Å². The smallest absolute Gasteiger partial charge is 0.161 e. The molecule has 0 radical (unpaired) electrons. The van der Waals surface area contributed by atoms with Gasteiger partial charge in [-0.2, -0.15) is 5.26 Å². The molecule has 0 fully saturated rings. The first-order valence-electron chi connectivity index (χ1n) is 6.55. The minimum Gasteiger partial charge on any atom is -0.334 e. The molecule has 1 aromatic rings. The van der Waals surface area contributed by atoms with Gasteiger partial charge in [0, 0.05) is 5.25 Å². The molecule has 5 heteroatoms. The number of nitriles is 1. The molecule has 106 valence electrons. The van der Waals surface area contributed by atoms with Crippen molar-refractivity contribution in [1.82, 2.24) is 0 Å². The second-order valence-electron chi connectivity index (χ2n) is 6.08. The molecule has 1 atom stereocenters. The van der Waals surface area contributed by atoms with Crippen LogP contribution < -0.4 is 5.32 Å². The Bertz CT molecular complexity index is 569. The topological polar surface area (TPSA) is 48.2 Å². The number of hydrogen-bond acceptors (Lipinski definition) is 4. The first-order valence-corrected chi connectivity index (χ1v) is 7.81. The number of anilines is 1. The lowest BCUT2D eigenvalue weighted by molar-refractivity contribution is 0.375. The number of amidine groups is 1. The highest BCUT2D eigenvalue weighted by Crippen LogP contribution is 2.33. The molecule has 0 aliphatic carbocycles. The summed E-state index contributed by atoms with van der Waals surface area (Å²) in [7, 11) is 0. The van der Waals surface area contributed by atoms with E-state index in [2.05, 4.69) is 37.1 Å². The van der Waals surface area contributed by atoms with Crippen molar-refractivity contribution in [3.63, 3.8) is 0 Å². The van der Waals surface area contributed by atoms with Crippen LogP contribution in [0.5, 0.6) is 0 Å². The molecule has 2 rings (SSSR count). The minimum absolute atomic E-state index is 0.314. The Morgan fingerprint density at radius 3 is 2.85 bits per heavy atom. The lowest BCUT2D eigenvalue weighted by atomic mass is 9.90. The van der Waals surface area contributed by atoms with Crippen molar-refractivity contribution in [2.45, 2.75) is 32.4 Å². The number of thioether (sulfide) groups is 1. The fourth-order valence-electron chi connectivity index (χ4n) is 2.08. The molecule has 0 saturated heterocycles. The number of nitrogens with zero attached hydrogens (tertiary/aromatic N) is 2. The maximum atomic E-state index is 8.82. The average molecular weight is 308 g/mol. The van der Waals surface area contributed by atoms with E-state index in [1.54, 1.807) is 23.9 Å². The number of hydrogen-bond donors (Lipinski definition) is 1. The predicted molar refractivity (Wildman–Crippen MR) is 87.5 cm³/mol. The van der Waals surface area contributed by atoms with E-state index in [0.717, 1.165) is 23.8 Å². The zero-order chi connectivity index (χ0) is 14.8. The molecule has 1 unspecified atom stereocenters. The summed E-state index contributed by atoms with van der Waals surface area (Å²) < 4.78 is 0. The molecule has 20 heavy (non-hydrogen) atoms. The number of nitrogens with one attached hydrogen (secondary N) is 1. The van der Waals surface area contributed by atoms with Gasteiger partial charge in [0.25, 0.3) is 0 Å². The summed E-state index contributed by atoms with van der Waals surface area (Å²) in [5, 5.41) is 14.0. The van der Waals surface area contributed by atoms with Crippen LogP contribution in [0.4, 0.5) is 5.69 Å². The first-order chi connectivity index (χ1) is 9.37. The van der Waals surface area contributed by atoms with Gasteiger partial charge in [-0.05, 0) is 30.0 Å². The number of benzene rings is 1. The lowest BCUT2D eigenvalue weighted by Crippen LogP contribution is -2.16. The Labute approximate surface area is 129 Å². The molecule has 0 spiro atoms. The van der Waals surface area contributed by atoms with Crippen molar-refractivity contribution >= 4 is 34.2 Å². The maximum Gasteiger partial charge on any atom is 0.161 e. The summed E-state index contributed by atoms with van der Waals surface area (Å²) in [6.45, 7) is 7.58. The summed E-state index contributed by atoms with van der Waals surface area (Å²) in [4.78, 5) is 4.53. The third-order valence-electron chi connectivity index (χ3n) is 2.90. The Morgan fingerprint density at radius 2 is 2.25 bits per heavy atom. The van der Waals surface area contributed by atoms with Gasteiger partial charge in [-0.15, -0.1) is 0 Å². The molecule has 1 N–H and O–H groups in total. The summed E-state index contributed by atoms with van der Waals surface area (Å²) in [5.41, 5.74) is 1.68. The van der Waals surface area contributed by atoms with Gasteiger partial charge in [-0.25, -0.2) is 0 Å². The summed E-state index contributed by atoms with van der Waals surface area (Å²) in [5.74, 6) is 0. The minimum atomic E-state index is 0.314. The van der Waals surface area contributed by atoms with Gasteiger partial charge in [0.05, 0.1) is 28.9 Å². The number of rotatable bonds is 2. The zero-order valence-electron chi connectivity index (χ0n) is 11.9. The van der Waals surface area contributed by atoms with Crippen LogP contribution in [0.3, 0.4) is 0 Å². The van der Waals surface area contributed by atoms with Crippen molar-refractivity contribution in [3.05, 3.63) is 28.8 Å². The first kappa shape index (κ1) is 15.2. The highest BCUT2D eigenvalue weighted by Gasteiger charge is 2.25. The van der Waals surface area contributed by atoms with Crippen molar-refractivity contribution in [1.29, 1.82) is 5.26 Å². The van der Waals surface area contributed by atoms with E-state index in [0.29, 0.717) is 21.3 Å². The summed E-state index contributed by atoms with van der Waals surface area (Å²) >= 11 is 7.92. The molecule has 0 aromatic heterocycles. The monoisotopic (exact) mass is 307 g/mol. The SMILES string of the molecule is CC(C)(C)CC1CN=C(Nc2ccc(C#N)cc2Cl)S1. The Hall–Kier alpha value is -1.18. The predicted octanol–water partition coefficient (Wildman–Crippen LogP) is 4.53. The molecule has 1 heterocycles. The number of halogens is 1. The fraction of sp³-hybridized carbons (Fsp3) is 0.467. The van der Waals surface area contributed by atoms with Crippen LogP contribution >= 0.6 is 23.4 Å². The van der Waals surface area contributed by atoms with Crippen LogP contribution in [0.2, 0.25) is 5.02 Å². The van der Waals surface area contributed by atoms with E-state index in [-0.39, 0.29) is 0 Å². The molecule has 1 aliphatic heterocycles. The summed E-state index contributed by atoms with van der Waals surface area (Å²) in [6.07, 6.45) is 1.13. The molecule has 1 aromatic carbocycles. The third-order valence-corrected chi connectivity index (χ3v) is 4.31. The second-order valence-corrected chi connectivity index (χ2v) is 7.78. The molecular formula is C15H18ClN3S. The van der Waals surface area contributed by atoms with Crippen LogP contribution in [-0.4, -0.2) is 17.0 Å². The van der Waals surface area contributed by atoms with Crippen LogP contribution in [0.1, 0.15) is 32.8 Å². The molecular weight excluding hydrogens is 290 g/mol. The van der Waals surface area contributed by atoms with Gasteiger partial charge in [-0.1, -0.05) is 44.1 Å². The molecule has 0 bridgehead atoms. The fourth-order valence-corrected chi connectivity index (χ4v) is 3.67. The van der Waals surface area contributed by atoms with Gasteiger partial charge < -0.3 is 5.32 Å². The molecule has 1 aliphatic rings. The van der Waals surface area contributed by atoms with E-state index in [1.165, 1.54) is 0 Å². The summed E-state index contributed by atoms with van der Waals surface area (Å²) in [6, 6.07) is 7.31. The second kappa shape index (κ2) is 6.07. The van der Waals surface area contributed by atoms with E-state index < -0.39 is 0 Å².